The number of rotatable bonds is 2. The van der Waals surface area contributed by atoms with Gasteiger partial charge >= 0.3 is 0 Å². The summed E-state index contributed by atoms with van der Waals surface area (Å²) in [6.45, 7) is 5.07. The molecule has 3 rings (SSSR count). The van der Waals surface area contributed by atoms with Gasteiger partial charge in [-0.15, -0.1) is 0 Å². The Labute approximate surface area is 119 Å². The fraction of sp³-hybridized carbons (Fsp3) is 0.600. The highest BCUT2D eigenvalue weighted by atomic mass is 16.2. The third-order valence-corrected chi connectivity index (χ3v) is 4.52. The number of aromatic amines is 1. The highest BCUT2D eigenvalue weighted by molar-refractivity contribution is 5.93. The smallest absolute Gasteiger partial charge is 0.270 e. The largest absolute Gasteiger partial charge is 0.356 e. The maximum atomic E-state index is 12.2. The summed E-state index contributed by atoms with van der Waals surface area (Å²) in [5.41, 5.74) is 1.03. The molecule has 0 unspecified atom stereocenters. The molecule has 0 radical (unpaired) electrons. The Morgan fingerprint density at radius 3 is 2.90 bits per heavy atom. The quantitative estimate of drug-likeness (QED) is 0.889. The Morgan fingerprint density at radius 2 is 2.25 bits per heavy atom. The third kappa shape index (κ3) is 2.32. The zero-order valence-corrected chi connectivity index (χ0v) is 11.8. The van der Waals surface area contributed by atoms with Crippen LogP contribution in [0.4, 0.5) is 0 Å². The van der Waals surface area contributed by atoms with Crippen LogP contribution in [0.25, 0.3) is 0 Å². The van der Waals surface area contributed by atoms with E-state index in [0.717, 1.165) is 19.6 Å². The summed E-state index contributed by atoms with van der Waals surface area (Å²) in [6, 6.07) is 4.81. The summed E-state index contributed by atoms with van der Waals surface area (Å²) < 4.78 is 0. The van der Waals surface area contributed by atoms with Crippen LogP contribution in [0.15, 0.2) is 12.3 Å². The van der Waals surface area contributed by atoms with E-state index in [1.54, 1.807) is 12.3 Å². The van der Waals surface area contributed by atoms with Gasteiger partial charge in [-0.3, -0.25) is 9.69 Å². The molecule has 0 aromatic carbocycles. The van der Waals surface area contributed by atoms with E-state index in [1.807, 2.05) is 11.0 Å². The monoisotopic (exact) mass is 272 g/mol. The maximum absolute atomic E-state index is 12.2. The summed E-state index contributed by atoms with van der Waals surface area (Å²) in [6.07, 6.45) is 5.45. The normalized spacial score (nSPS) is 24.2. The molecule has 2 aliphatic rings. The predicted octanol–water partition coefficient (Wildman–Crippen LogP) is 1.59. The van der Waals surface area contributed by atoms with Crippen molar-refractivity contribution in [2.24, 2.45) is 0 Å². The van der Waals surface area contributed by atoms with E-state index < -0.39 is 0 Å². The molecule has 0 bridgehead atoms. The van der Waals surface area contributed by atoms with Gasteiger partial charge in [0.2, 0.25) is 0 Å². The average molecular weight is 272 g/mol. The highest BCUT2D eigenvalue weighted by Gasteiger charge is 2.37. The van der Waals surface area contributed by atoms with Crippen LogP contribution in [-0.4, -0.2) is 52.4 Å². The fourth-order valence-electron chi connectivity index (χ4n) is 3.25. The zero-order chi connectivity index (χ0) is 14.1. The number of nitrogens with one attached hydrogen (secondary N) is 1. The van der Waals surface area contributed by atoms with Crippen LogP contribution in [0, 0.1) is 11.3 Å². The standard InChI is InChI=1S/C15H20N4O/c1-11-4-2-3-5-19(11)13-9-18(10-13)15(20)14-6-12(7-16)8-17-14/h6,8,11,13,17H,2-5,9-10H2,1H3/t11-/m0/s1. The molecule has 1 N–H and O–H groups in total. The first kappa shape index (κ1) is 13.2. The number of aromatic nitrogens is 1. The maximum Gasteiger partial charge on any atom is 0.270 e. The lowest BCUT2D eigenvalue weighted by Crippen LogP contribution is -2.63. The summed E-state index contributed by atoms with van der Waals surface area (Å²) in [4.78, 5) is 19.5. The average Bonchev–Trinajstić information content (AvgIpc) is 2.88. The lowest BCUT2D eigenvalue weighted by atomic mass is 9.97. The summed E-state index contributed by atoms with van der Waals surface area (Å²) in [5.74, 6) is 0.00686. The van der Waals surface area contributed by atoms with E-state index in [9.17, 15) is 4.79 Å². The number of nitriles is 1. The number of H-pyrrole nitrogens is 1. The molecule has 0 spiro atoms. The molecule has 5 nitrogen and oxygen atoms in total. The van der Waals surface area contributed by atoms with E-state index >= 15 is 0 Å². The van der Waals surface area contributed by atoms with Crippen LogP contribution < -0.4 is 0 Å². The van der Waals surface area contributed by atoms with Crippen LogP contribution in [0.5, 0.6) is 0 Å². The van der Waals surface area contributed by atoms with E-state index in [1.165, 1.54) is 19.3 Å². The van der Waals surface area contributed by atoms with Crippen LogP contribution in [0.2, 0.25) is 0 Å². The van der Waals surface area contributed by atoms with Gasteiger partial charge in [0, 0.05) is 31.4 Å². The van der Waals surface area contributed by atoms with Crippen molar-refractivity contribution in [2.45, 2.75) is 38.3 Å². The van der Waals surface area contributed by atoms with Crippen molar-refractivity contribution in [3.05, 3.63) is 23.5 Å². The molecule has 1 aromatic heterocycles. The Hall–Kier alpha value is -1.80. The van der Waals surface area contributed by atoms with Gasteiger partial charge in [0.15, 0.2) is 0 Å². The van der Waals surface area contributed by atoms with E-state index in [2.05, 4.69) is 16.8 Å². The number of amides is 1. The van der Waals surface area contributed by atoms with Gasteiger partial charge in [-0.05, 0) is 32.4 Å². The van der Waals surface area contributed by atoms with Gasteiger partial charge in [0.1, 0.15) is 11.8 Å². The number of piperidine rings is 1. The Kier molecular flexibility index (Phi) is 3.49. The molecule has 1 atom stereocenters. The predicted molar refractivity (Wildman–Crippen MR) is 75.2 cm³/mol. The first-order valence-electron chi connectivity index (χ1n) is 7.32. The zero-order valence-electron chi connectivity index (χ0n) is 11.8. The molecule has 5 heteroatoms. The molecule has 2 fully saturated rings. The molecule has 20 heavy (non-hydrogen) atoms. The van der Waals surface area contributed by atoms with Crippen molar-refractivity contribution in [3.63, 3.8) is 0 Å². The van der Waals surface area contributed by atoms with Gasteiger partial charge in [-0.1, -0.05) is 6.42 Å². The third-order valence-electron chi connectivity index (χ3n) is 4.52. The fourth-order valence-corrected chi connectivity index (χ4v) is 3.25. The number of hydrogen-bond acceptors (Lipinski definition) is 3. The second-order valence-electron chi connectivity index (χ2n) is 5.86. The molecular weight excluding hydrogens is 252 g/mol. The van der Waals surface area contributed by atoms with Crippen LogP contribution >= 0.6 is 0 Å². The van der Waals surface area contributed by atoms with Crippen molar-refractivity contribution >= 4 is 5.91 Å². The number of nitrogens with zero attached hydrogens (tertiary/aromatic N) is 3. The van der Waals surface area contributed by atoms with Crippen molar-refractivity contribution in [3.8, 4) is 6.07 Å². The number of carbonyl (C=O) groups is 1. The van der Waals surface area contributed by atoms with E-state index in [-0.39, 0.29) is 5.91 Å². The number of likely N-dealkylation sites (tertiary alicyclic amines) is 2. The minimum Gasteiger partial charge on any atom is -0.356 e. The van der Waals surface area contributed by atoms with Crippen molar-refractivity contribution in [1.82, 2.24) is 14.8 Å². The number of carbonyl (C=O) groups excluding carboxylic acids is 1. The summed E-state index contributed by atoms with van der Waals surface area (Å²) >= 11 is 0. The molecule has 1 aromatic rings. The van der Waals surface area contributed by atoms with E-state index in [0.29, 0.717) is 23.3 Å². The van der Waals surface area contributed by atoms with Gasteiger partial charge in [-0.2, -0.15) is 5.26 Å². The van der Waals surface area contributed by atoms with Gasteiger partial charge in [-0.25, -0.2) is 0 Å². The van der Waals surface area contributed by atoms with Crippen LogP contribution in [-0.2, 0) is 0 Å². The second kappa shape index (κ2) is 5.29. The second-order valence-corrected chi connectivity index (χ2v) is 5.86. The van der Waals surface area contributed by atoms with Gasteiger partial charge < -0.3 is 9.88 Å². The SMILES string of the molecule is C[C@H]1CCCCN1C1CN(C(=O)c2cc(C#N)c[nH]2)C1. The molecule has 0 saturated carbocycles. The first-order chi connectivity index (χ1) is 9.69. The van der Waals surface area contributed by atoms with Crippen LogP contribution in [0.3, 0.4) is 0 Å². The molecule has 1 amide bonds. The molecule has 106 valence electrons. The lowest BCUT2D eigenvalue weighted by Gasteiger charge is -2.49. The van der Waals surface area contributed by atoms with Crippen molar-refractivity contribution in [2.75, 3.05) is 19.6 Å². The lowest BCUT2D eigenvalue weighted by molar-refractivity contribution is 0.00185. The van der Waals surface area contributed by atoms with Crippen LogP contribution in [0.1, 0.15) is 42.2 Å². The summed E-state index contributed by atoms with van der Waals surface area (Å²) in [7, 11) is 0. The first-order valence-corrected chi connectivity index (χ1v) is 7.32. The van der Waals surface area contributed by atoms with Gasteiger partial charge in [0.25, 0.3) is 5.91 Å². The van der Waals surface area contributed by atoms with E-state index in [4.69, 9.17) is 5.26 Å². The Balaban J connectivity index is 1.57. The Morgan fingerprint density at radius 1 is 1.45 bits per heavy atom. The molecule has 2 aliphatic heterocycles. The van der Waals surface area contributed by atoms with Crippen molar-refractivity contribution < 1.29 is 4.79 Å². The highest BCUT2D eigenvalue weighted by Crippen LogP contribution is 2.25. The molecular formula is C15H20N4O. The molecule has 2 saturated heterocycles. The summed E-state index contributed by atoms with van der Waals surface area (Å²) in [5, 5.41) is 8.78. The molecule has 0 aliphatic carbocycles. The number of hydrogen-bond donors (Lipinski definition) is 1. The Bertz CT molecular complexity index is 538. The van der Waals surface area contributed by atoms with Crippen molar-refractivity contribution in [1.29, 1.82) is 5.26 Å². The molecule has 3 heterocycles. The minimum atomic E-state index is 0.00686. The minimum absolute atomic E-state index is 0.00686. The topological polar surface area (TPSA) is 63.1 Å². The van der Waals surface area contributed by atoms with Gasteiger partial charge in [0.05, 0.1) is 5.56 Å².